The zero-order valence-corrected chi connectivity index (χ0v) is 6.24. The van der Waals surface area contributed by atoms with Crippen LogP contribution >= 0.6 is 0 Å². The largest absolute Gasteiger partial charge is 0.397 e. The molecular formula is C7H8N4O. The van der Waals surface area contributed by atoms with Gasteiger partial charge in [-0.15, -0.1) is 0 Å². The monoisotopic (exact) mass is 164 g/mol. The molecule has 1 amide bonds. The van der Waals surface area contributed by atoms with Gasteiger partial charge in [-0.25, -0.2) is 5.43 Å². The van der Waals surface area contributed by atoms with Gasteiger partial charge >= 0.3 is 0 Å². The van der Waals surface area contributed by atoms with Crippen LogP contribution in [0.2, 0.25) is 0 Å². The van der Waals surface area contributed by atoms with Gasteiger partial charge in [-0.05, 0) is 12.2 Å². The summed E-state index contributed by atoms with van der Waals surface area (Å²) in [6.45, 7) is 0. The molecule has 1 aliphatic heterocycles. The van der Waals surface area contributed by atoms with Gasteiger partial charge in [0.05, 0.1) is 17.1 Å². The van der Waals surface area contributed by atoms with Crippen molar-refractivity contribution in [1.82, 2.24) is 5.43 Å². The lowest BCUT2D eigenvalue weighted by molar-refractivity contribution is -0.121. The molecule has 0 aromatic rings. The van der Waals surface area contributed by atoms with E-state index in [2.05, 4.69) is 10.5 Å². The van der Waals surface area contributed by atoms with Gasteiger partial charge in [0.25, 0.3) is 5.91 Å². The van der Waals surface area contributed by atoms with Gasteiger partial charge in [0.15, 0.2) is 0 Å². The maximum atomic E-state index is 11.1. The molecule has 1 aliphatic carbocycles. The zero-order chi connectivity index (χ0) is 8.72. The van der Waals surface area contributed by atoms with Crippen LogP contribution in [0.3, 0.4) is 0 Å². The highest BCUT2D eigenvalue weighted by atomic mass is 16.2. The normalized spacial score (nSPS) is 26.8. The molecule has 0 fully saturated rings. The van der Waals surface area contributed by atoms with Crippen LogP contribution in [-0.2, 0) is 4.79 Å². The van der Waals surface area contributed by atoms with Gasteiger partial charge in [0.1, 0.15) is 5.92 Å². The molecule has 0 radical (unpaired) electrons. The molecule has 1 unspecified atom stereocenters. The first kappa shape index (κ1) is 6.90. The fraction of sp³-hybridized carbons (Fsp3) is 0.143. The number of rotatable bonds is 0. The third-order valence-electron chi connectivity index (χ3n) is 1.88. The topological polar surface area (TPSA) is 93.5 Å². The minimum atomic E-state index is -0.350. The molecule has 0 spiro atoms. The number of carbonyl (C=O) groups is 1. The molecule has 2 rings (SSSR count). The third-order valence-corrected chi connectivity index (χ3v) is 1.88. The van der Waals surface area contributed by atoms with Crippen molar-refractivity contribution in [3.8, 4) is 0 Å². The number of fused-ring (bicyclic) bond motifs is 1. The molecule has 0 saturated heterocycles. The molecule has 0 bridgehead atoms. The lowest BCUT2D eigenvalue weighted by Crippen LogP contribution is -2.26. The highest BCUT2D eigenvalue weighted by Gasteiger charge is 2.29. The van der Waals surface area contributed by atoms with Gasteiger partial charge < -0.3 is 11.5 Å². The maximum absolute atomic E-state index is 11.1. The van der Waals surface area contributed by atoms with E-state index in [0.717, 1.165) is 0 Å². The van der Waals surface area contributed by atoms with Crippen LogP contribution in [0.5, 0.6) is 0 Å². The molecule has 12 heavy (non-hydrogen) atoms. The van der Waals surface area contributed by atoms with Crippen LogP contribution in [0.15, 0.2) is 28.6 Å². The van der Waals surface area contributed by atoms with Crippen LogP contribution < -0.4 is 16.9 Å². The number of nitrogens with one attached hydrogen (secondary N) is 1. The summed E-state index contributed by atoms with van der Waals surface area (Å²) in [4.78, 5) is 11.1. The molecule has 0 aromatic carbocycles. The summed E-state index contributed by atoms with van der Waals surface area (Å²) in [5.74, 6) is -0.506. The quantitative estimate of drug-likeness (QED) is 0.419. The van der Waals surface area contributed by atoms with E-state index in [1.165, 1.54) is 0 Å². The molecule has 62 valence electrons. The van der Waals surface area contributed by atoms with Gasteiger partial charge in [-0.3, -0.25) is 4.79 Å². The van der Waals surface area contributed by atoms with Gasteiger partial charge in [0, 0.05) is 0 Å². The number of nitrogens with two attached hydrogens (primary N) is 2. The van der Waals surface area contributed by atoms with E-state index in [-0.39, 0.29) is 11.8 Å². The molecule has 1 atom stereocenters. The molecule has 0 saturated carbocycles. The van der Waals surface area contributed by atoms with Crippen LogP contribution in [0, 0.1) is 5.92 Å². The summed E-state index contributed by atoms with van der Waals surface area (Å²) >= 11 is 0. The summed E-state index contributed by atoms with van der Waals surface area (Å²) < 4.78 is 0. The molecule has 5 nitrogen and oxygen atoms in total. The fourth-order valence-electron chi connectivity index (χ4n) is 1.19. The van der Waals surface area contributed by atoms with E-state index in [0.29, 0.717) is 17.1 Å². The summed E-state index contributed by atoms with van der Waals surface area (Å²) in [6, 6.07) is 0. The molecule has 5 heteroatoms. The Labute approximate surface area is 68.8 Å². The van der Waals surface area contributed by atoms with E-state index < -0.39 is 0 Å². The fourth-order valence-corrected chi connectivity index (χ4v) is 1.19. The highest BCUT2D eigenvalue weighted by molar-refractivity contribution is 6.16. The van der Waals surface area contributed by atoms with Gasteiger partial charge in [-0.2, -0.15) is 5.10 Å². The lowest BCUT2D eigenvalue weighted by Gasteiger charge is -2.11. The molecule has 2 aliphatic rings. The van der Waals surface area contributed by atoms with Crippen molar-refractivity contribution < 1.29 is 4.79 Å². The summed E-state index contributed by atoms with van der Waals surface area (Å²) in [5.41, 5.74) is 14.9. The Bertz CT molecular complexity index is 339. The first-order valence-electron chi connectivity index (χ1n) is 3.51. The Balaban J connectivity index is 2.43. The van der Waals surface area contributed by atoms with Crippen molar-refractivity contribution in [3.63, 3.8) is 0 Å². The first-order chi connectivity index (χ1) is 5.68. The predicted molar refractivity (Wildman–Crippen MR) is 43.6 cm³/mol. The Hall–Kier alpha value is -1.78. The van der Waals surface area contributed by atoms with Crippen LogP contribution in [0.4, 0.5) is 0 Å². The van der Waals surface area contributed by atoms with Crippen molar-refractivity contribution >= 4 is 11.6 Å². The number of allylic oxidation sites excluding steroid dienone is 1. The second kappa shape index (κ2) is 2.10. The predicted octanol–water partition coefficient (Wildman–Crippen LogP) is -1.21. The van der Waals surface area contributed by atoms with Crippen LogP contribution in [0.25, 0.3) is 0 Å². The van der Waals surface area contributed by atoms with Crippen LogP contribution in [-0.4, -0.2) is 11.6 Å². The van der Waals surface area contributed by atoms with Crippen molar-refractivity contribution in [1.29, 1.82) is 0 Å². The van der Waals surface area contributed by atoms with E-state index in [1.807, 2.05) is 0 Å². The van der Waals surface area contributed by atoms with Crippen molar-refractivity contribution in [2.24, 2.45) is 22.5 Å². The van der Waals surface area contributed by atoms with E-state index in [1.54, 1.807) is 12.2 Å². The number of carbonyl (C=O) groups excluding carboxylic acids is 1. The first-order valence-corrected chi connectivity index (χ1v) is 3.51. The standard InChI is InChI=1S/C7H8N4O/c8-4-1-3-6(2-5(4)9)10-11-7(3)12/h1-3H,8-9H2,(H,11,12). The smallest absolute Gasteiger partial charge is 0.253 e. The second-order valence-electron chi connectivity index (χ2n) is 2.71. The number of hydrogen-bond donors (Lipinski definition) is 3. The van der Waals surface area contributed by atoms with Crippen LogP contribution in [0.1, 0.15) is 0 Å². The number of nitrogens with zero attached hydrogens (tertiary/aromatic N) is 1. The summed E-state index contributed by atoms with van der Waals surface area (Å²) in [6.07, 6.45) is 3.22. The molecule has 5 N–H and O–H groups in total. The maximum Gasteiger partial charge on any atom is 0.253 e. The van der Waals surface area contributed by atoms with E-state index >= 15 is 0 Å². The molecular weight excluding hydrogens is 156 g/mol. The Morgan fingerprint density at radius 1 is 1.42 bits per heavy atom. The SMILES string of the molecule is NC1=CC2=NNC(=O)C2C=C1N. The summed E-state index contributed by atoms with van der Waals surface area (Å²) in [7, 11) is 0. The Kier molecular flexibility index (Phi) is 1.21. The number of hydrazone groups is 1. The average molecular weight is 164 g/mol. The van der Waals surface area contributed by atoms with Gasteiger partial charge in [-0.1, -0.05) is 0 Å². The van der Waals surface area contributed by atoms with E-state index in [4.69, 9.17) is 11.5 Å². The molecule has 1 heterocycles. The second-order valence-corrected chi connectivity index (χ2v) is 2.71. The van der Waals surface area contributed by atoms with E-state index in [9.17, 15) is 4.79 Å². The van der Waals surface area contributed by atoms with Crippen molar-refractivity contribution in [2.45, 2.75) is 0 Å². The number of amides is 1. The third kappa shape index (κ3) is 0.795. The Morgan fingerprint density at radius 3 is 2.92 bits per heavy atom. The minimum absolute atomic E-state index is 0.156. The highest BCUT2D eigenvalue weighted by Crippen LogP contribution is 2.18. The van der Waals surface area contributed by atoms with Crippen molar-refractivity contribution in [2.75, 3.05) is 0 Å². The summed E-state index contributed by atoms with van der Waals surface area (Å²) in [5, 5.41) is 3.78. The number of hydrogen-bond acceptors (Lipinski definition) is 4. The average Bonchev–Trinajstić information content (AvgIpc) is 2.35. The lowest BCUT2D eigenvalue weighted by atomic mass is 9.96. The van der Waals surface area contributed by atoms with Crippen molar-refractivity contribution in [3.05, 3.63) is 23.5 Å². The minimum Gasteiger partial charge on any atom is -0.397 e. The zero-order valence-electron chi connectivity index (χ0n) is 6.24. The Morgan fingerprint density at radius 2 is 2.17 bits per heavy atom. The van der Waals surface area contributed by atoms with Gasteiger partial charge in [0.2, 0.25) is 0 Å². The molecule has 0 aromatic heterocycles.